The Bertz CT molecular complexity index is 1150. The van der Waals surface area contributed by atoms with Gasteiger partial charge >= 0.3 is 6.09 Å². The van der Waals surface area contributed by atoms with Crippen LogP contribution in [0.2, 0.25) is 10.0 Å². The third-order valence-electron chi connectivity index (χ3n) is 8.83. The smallest absolute Gasteiger partial charge is 0.411 e. The van der Waals surface area contributed by atoms with Gasteiger partial charge < -0.3 is 20.3 Å². The molecule has 7 nitrogen and oxygen atoms in total. The highest BCUT2D eigenvalue weighted by atomic mass is 35.5. The lowest BCUT2D eigenvalue weighted by Gasteiger charge is -2.60. The summed E-state index contributed by atoms with van der Waals surface area (Å²) in [6, 6.07) is 14.5. The number of benzene rings is 2. The molecule has 2 fully saturated rings. The summed E-state index contributed by atoms with van der Waals surface area (Å²) in [5, 5.41) is 28.0. The molecule has 2 aromatic rings. The predicted octanol–water partition coefficient (Wildman–Crippen LogP) is 5.80. The van der Waals surface area contributed by atoms with Gasteiger partial charge in [0.1, 0.15) is 6.10 Å². The SMILES string of the molecule is C[C@@]12CC[C@@H](OC(=O)Nc3ccc(Cl)c(Cl)c3)[C@@](C)(CO)C1CC[C@@H](O)C2CC(=O)NCc1ccccc1. The highest BCUT2D eigenvalue weighted by Crippen LogP contribution is 2.61. The summed E-state index contributed by atoms with van der Waals surface area (Å²) in [6.07, 6.45) is 0.781. The molecule has 2 unspecified atom stereocenters. The predicted molar refractivity (Wildman–Crippen MR) is 148 cm³/mol. The Kier molecular flexibility index (Phi) is 8.92. The standard InChI is InChI=1S/C29H36Cl2N2O5/c1-28-13-12-25(38-27(37)33-19-8-9-21(30)22(31)14-19)29(2,17-34)24(28)11-10-23(35)20(28)15-26(36)32-16-18-6-4-3-5-7-18/h3-9,14,20,23-25,34-35H,10-13,15-17H2,1-2H3,(H,32,36)(H,33,37)/t20?,23-,24?,25-,28+,29+/m1/s1. The number of carbonyl (C=O) groups excluding carboxylic acids is 2. The number of hydrogen-bond acceptors (Lipinski definition) is 5. The maximum atomic E-state index is 12.9. The molecule has 0 saturated heterocycles. The molecular weight excluding hydrogens is 527 g/mol. The Morgan fingerprint density at radius 1 is 1.05 bits per heavy atom. The molecule has 206 valence electrons. The number of aliphatic hydroxyl groups excluding tert-OH is 2. The van der Waals surface area contributed by atoms with Crippen LogP contribution in [0.3, 0.4) is 0 Å². The Morgan fingerprint density at radius 3 is 2.47 bits per heavy atom. The van der Waals surface area contributed by atoms with Crippen molar-refractivity contribution in [3.63, 3.8) is 0 Å². The first kappa shape index (κ1) is 28.7. The molecule has 0 aliphatic heterocycles. The van der Waals surface area contributed by atoms with Crippen LogP contribution < -0.4 is 10.6 Å². The molecule has 2 aliphatic rings. The zero-order valence-electron chi connectivity index (χ0n) is 21.8. The normalized spacial score (nSPS) is 30.7. The van der Waals surface area contributed by atoms with E-state index in [0.717, 1.165) is 5.56 Å². The van der Waals surface area contributed by atoms with Crippen LogP contribution in [0.1, 0.15) is 51.5 Å². The van der Waals surface area contributed by atoms with Gasteiger partial charge in [-0.3, -0.25) is 10.1 Å². The zero-order chi connectivity index (χ0) is 27.5. The number of halogens is 2. The molecule has 38 heavy (non-hydrogen) atoms. The van der Waals surface area contributed by atoms with E-state index in [2.05, 4.69) is 17.6 Å². The molecule has 0 aromatic heterocycles. The van der Waals surface area contributed by atoms with Crippen molar-refractivity contribution in [2.24, 2.45) is 22.7 Å². The number of anilines is 1. The van der Waals surface area contributed by atoms with Gasteiger partial charge in [-0.05, 0) is 66.7 Å². The molecule has 0 bridgehead atoms. The average Bonchev–Trinajstić information content (AvgIpc) is 2.89. The van der Waals surface area contributed by atoms with Crippen LogP contribution in [0.5, 0.6) is 0 Å². The van der Waals surface area contributed by atoms with E-state index < -0.39 is 29.1 Å². The fourth-order valence-electron chi connectivity index (χ4n) is 6.70. The van der Waals surface area contributed by atoms with Gasteiger partial charge in [0.25, 0.3) is 0 Å². The fraction of sp³-hybridized carbons (Fsp3) is 0.517. The van der Waals surface area contributed by atoms with Crippen molar-refractivity contribution in [1.29, 1.82) is 0 Å². The van der Waals surface area contributed by atoms with E-state index in [9.17, 15) is 19.8 Å². The second-order valence-electron chi connectivity index (χ2n) is 11.1. The minimum atomic E-state index is -0.735. The van der Waals surface area contributed by atoms with Crippen LogP contribution in [0.25, 0.3) is 0 Å². The second-order valence-corrected chi connectivity index (χ2v) is 11.9. The molecule has 2 aromatic carbocycles. The topological polar surface area (TPSA) is 108 Å². The van der Waals surface area contributed by atoms with Crippen LogP contribution in [-0.2, 0) is 16.1 Å². The van der Waals surface area contributed by atoms with Gasteiger partial charge in [0.2, 0.25) is 5.91 Å². The van der Waals surface area contributed by atoms with Crippen molar-refractivity contribution in [2.45, 2.75) is 64.7 Å². The third kappa shape index (κ3) is 5.96. The van der Waals surface area contributed by atoms with Crippen LogP contribution in [0.4, 0.5) is 10.5 Å². The second kappa shape index (κ2) is 11.8. The first-order valence-corrected chi connectivity index (χ1v) is 13.8. The summed E-state index contributed by atoms with van der Waals surface area (Å²) in [5.74, 6) is -0.425. The van der Waals surface area contributed by atoms with Crippen molar-refractivity contribution in [1.82, 2.24) is 5.32 Å². The summed E-state index contributed by atoms with van der Waals surface area (Å²) >= 11 is 12.0. The highest BCUT2D eigenvalue weighted by Gasteiger charge is 2.60. The largest absolute Gasteiger partial charge is 0.445 e. The number of amides is 2. The van der Waals surface area contributed by atoms with Crippen molar-refractivity contribution in [3.05, 3.63) is 64.1 Å². The number of ether oxygens (including phenoxy) is 1. The van der Waals surface area contributed by atoms with E-state index in [1.165, 1.54) is 0 Å². The maximum Gasteiger partial charge on any atom is 0.411 e. The van der Waals surface area contributed by atoms with Crippen LogP contribution in [0.15, 0.2) is 48.5 Å². The van der Waals surface area contributed by atoms with E-state index >= 15 is 0 Å². The minimum Gasteiger partial charge on any atom is -0.445 e. The lowest BCUT2D eigenvalue weighted by Crippen LogP contribution is -2.61. The van der Waals surface area contributed by atoms with Gasteiger partial charge in [0.15, 0.2) is 0 Å². The monoisotopic (exact) mass is 562 g/mol. The lowest BCUT2D eigenvalue weighted by molar-refractivity contribution is -0.185. The summed E-state index contributed by atoms with van der Waals surface area (Å²) in [6.45, 7) is 4.30. The first-order valence-electron chi connectivity index (χ1n) is 13.1. The summed E-state index contributed by atoms with van der Waals surface area (Å²) in [4.78, 5) is 25.7. The van der Waals surface area contributed by atoms with E-state index in [4.69, 9.17) is 27.9 Å². The van der Waals surface area contributed by atoms with E-state index in [1.807, 2.05) is 37.3 Å². The van der Waals surface area contributed by atoms with Gasteiger partial charge in [-0.1, -0.05) is 67.4 Å². The minimum absolute atomic E-state index is 0.0492. The Hall–Kier alpha value is -2.32. The van der Waals surface area contributed by atoms with E-state index in [0.29, 0.717) is 48.0 Å². The van der Waals surface area contributed by atoms with Gasteiger partial charge in [0, 0.05) is 24.1 Å². The first-order chi connectivity index (χ1) is 18.1. The van der Waals surface area contributed by atoms with Crippen molar-refractivity contribution in [2.75, 3.05) is 11.9 Å². The fourth-order valence-corrected chi connectivity index (χ4v) is 7.00. The number of rotatable bonds is 7. The Balaban J connectivity index is 1.45. The number of nitrogens with one attached hydrogen (secondary N) is 2. The Morgan fingerprint density at radius 2 is 1.79 bits per heavy atom. The summed E-state index contributed by atoms with van der Waals surface area (Å²) in [5.41, 5.74) is 0.331. The molecule has 0 radical (unpaired) electrons. The van der Waals surface area contributed by atoms with Crippen LogP contribution >= 0.6 is 23.2 Å². The molecule has 2 amide bonds. The van der Waals surface area contributed by atoms with Gasteiger partial charge in [-0.2, -0.15) is 0 Å². The van der Waals surface area contributed by atoms with E-state index in [-0.39, 0.29) is 30.8 Å². The van der Waals surface area contributed by atoms with Crippen LogP contribution in [-0.4, -0.2) is 41.0 Å². The van der Waals surface area contributed by atoms with Crippen molar-refractivity contribution < 1.29 is 24.5 Å². The molecule has 2 saturated carbocycles. The van der Waals surface area contributed by atoms with Crippen molar-refractivity contribution in [3.8, 4) is 0 Å². The number of hydrogen-bond donors (Lipinski definition) is 4. The highest BCUT2D eigenvalue weighted by molar-refractivity contribution is 6.42. The average molecular weight is 564 g/mol. The molecule has 6 atom stereocenters. The third-order valence-corrected chi connectivity index (χ3v) is 9.57. The molecular formula is C29H36Cl2N2O5. The summed E-state index contributed by atoms with van der Waals surface area (Å²) < 4.78 is 5.87. The lowest BCUT2D eigenvalue weighted by atomic mass is 9.46. The number of fused-ring (bicyclic) bond motifs is 1. The summed E-state index contributed by atoms with van der Waals surface area (Å²) in [7, 11) is 0. The van der Waals surface area contributed by atoms with Gasteiger partial charge in [-0.25, -0.2) is 4.79 Å². The maximum absolute atomic E-state index is 12.9. The van der Waals surface area contributed by atoms with Crippen molar-refractivity contribution >= 4 is 40.9 Å². The molecule has 2 aliphatic carbocycles. The van der Waals surface area contributed by atoms with Gasteiger partial charge in [-0.15, -0.1) is 0 Å². The zero-order valence-corrected chi connectivity index (χ0v) is 23.3. The van der Waals surface area contributed by atoms with Gasteiger partial charge in [0.05, 0.1) is 22.8 Å². The number of carbonyl (C=O) groups is 2. The molecule has 4 N–H and O–H groups in total. The van der Waals surface area contributed by atoms with E-state index in [1.54, 1.807) is 18.2 Å². The Labute approximate surface area is 233 Å². The molecule has 0 spiro atoms. The number of aliphatic hydroxyl groups is 2. The van der Waals surface area contributed by atoms with Crippen LogP contribution in [0, 0.1) is 22.7 Å². The molecule has 4 rings (SSSR count). The quantitative estimate of drug-likeness (QED) is 0.341. The molecule has 0 heterocycles. The molecule has 9 heteroatoms.